The number of aromatic nitrogens is 1. The van der Waals surface area contributed by atoms with Crippen molar-refractivity contribution in [2.45, 2.75) is 20.8 Å². The molecular weight excluding hydrogens is 306 g/mol. The summed E-state index contributed by atoms with van der Waals surface area (Å²) in [7, 11) is 0. The van der Waals surface area contributed by atoms with E-state index in [2.05, 4.69) is 10.3 Å². The number of carbonyl (C=O) groups excluding carboxylic acids is 3. The fraction of sp³-hybridized carbons (Fsp3) is 0.222. The SMILES string of the molecule is CC(C)(C)C(=O)Nc1ccc(N2C(=O)c3cccnc3C2=O)cc1. The van der Waals surface area contributed by atoms with Gasteiger partial charge in [0.15, 0.2) is 0 Å². The Balaban J connectivity index is 1.84. The minimum atomic E-state index is -0.507. The Morgan fingerprint density at radius 1 is 1.04 bits per heavy atom. The number of benzene rings is 1. The van der Waals surface area contributed by atoms with Crippen LogP contribution in [0, 0.1) is 5.41 Å². The van der Waals surface area contributed by atoms with Crippen molar-refractivity contribution in [3.63, 3.8) is 0 Å². The molecule has 0 saturated heterocycles. The molecular formula is C18H17N3O3. The lowest BCUT2D eigenvalue weighted by atomic mass is 9.95. The monoisotopic (exact) mass is 323 g/mol. The number of hydrogen-bond acceptors (Lipinski definition) is 4. The van der Waals surface area contributed by atoms with Gasteiger partial charge in [0.1, 0.15) is 5.69 Å². The van der Waals surface area contributed by atoms with E-state index in [1.165, 1.54) is 6.20 Å². The molecule has 6 nitrogen and oxygen atoms in total. The van der Waals surface area contributed by atoms with E-state index in [-0.39, 0.29) is 11.6 Å². The molecule has 3 amide bonds. The van der Waals surface area contributed by atoms with Gasteiger partial charge in [-0.3, -0.25) is 19.4 Å². The summed E-state index contributed by atoms with van der Waals surface area (Å²) in [4.78, 5) is 41.8. The summed E-state index contributed by atoms with van der Waals surface area (Å²) in [5, 5.41) is 2.80. The van der Waals surface area contributed by atoms with Crippen molar-refractivity contribution < 1.29 is 14.4 Å². The van der Waals surface area contributed by atoms with Crippen LogP contribution in [0.1, 0.15) is 41.6 Å². The van der Waals surface area contributed by atoms with Crippen molar-refractivity contribution in [2.24, 2.45) is 5.41 Å². The van der Waals surface area contributed by atoms with Crippen molar-refractivity contribution in [3.8, 4) is 0 Å². The summed E-state index contributed by atoms with van der Waals surface area (Å²) in [6.45, 7) is 5.47. The van der Waals surface area contributed by atoms with Gasteiger partial charge >= 0.3 is 0 Å². The third-order valence-corrected chi connectivity index (χ3v) is 3.71. The molecule has 1 aromatic heterocycles. The quantitative estimate of drug-likeness (QED) is 0.862. The molecule has 0 atom stereocenters. The number of nitrogens with zero attached hydrogens (tertiary/aromatic N) is 2. The standard InChI is InChI=1S/C18H17N3O3/c1-18(2,3)17(24)20-11-6-8-12(9-7-11)21-15(22)13-5-4-10-19-14(13)16(21)23/h4-10H,1-3H3,(H,20,24). The number of imide groups is 1. The lowest BCUT2D eigenvalue weighted by molar-refractivity contribution is -0.123. The number of carbonyl (C=O) groups is 3. The second-order valence-electron chi connectivity index (χ2n) is 6.60. The normalized spacial score (nSPS) is 13.9. The van der Waals surface area contributed by atoms with Crippen LogP contribution in [0.3, 0.4) is 0 Å². The number of pyridine rings is 1. The minimum Gasteiger partial charge on any atom is -0.326 e. The van der Waals surface area contributed by atoms with E-state index in [1.54, 1.807) is 36.4 Å². The van der Waals surface area contributed by atoms with Crippen LogP contribution in [0.15, 0.2) is 42.6 Å². The summed E-state index contributed by atoms with van der Waals surface area (Å²) in [5.74, 6) is -0.947. The van der Waals surface area contributed by atoms with Gasteiger partial charge in [-0.1, -0.05) is 20.8 Å². The van der Waals surface area contributed by atoms with Crippen LogP contribution in [0.2, 0.25) is 0 Å². The maximum atomic E-state index is 12.4. The van der Waals surface area contributed by atoms with Gasteiger partial charge in [-0.15, -0.1) is 0 Å². The Morgan fingerprint density at radius 3 is 2.29 bits per heavy atom. The number of hydrogen-bond donors (Lipinski definition) is 1. The maximum absolute atomic E-state index is 12.4. The Morgan fingerprint density at radius 2 is 1.71 bits per heavy atom. The highest BCUT2D eigenvalue weighted by Crippen LogP contribution is 2.28. The molecule has 0 bridgehead atoms. The fourth-order valence-corrected chi connectivity index (χ4v) is 2.31. The van der Waals surface area contributed by atoms with E-state index in [0.29, 0.717) is 16.9 Å². The molecule has 122 valence electrons. The predicted octanol–water partition coefficient (Wildman–Crippen LogP) is 2.87. The first-order valence-electron chi connectivity index (χ1n) is 7.54. The van der Waals surface area contributed by atoms with Crippen LogP contribution >= 0.6 is 0 Å². The average molecular weight is 323 g/mol. The first kappa shape index (κ1) is 15.9. The summed E-state index contributed by atoms with van der Waals surface area (Å²) < 4.78 is 0. The molecule has 0 radical (unpaired) electrons. The lowest BCUT2D eigenvalue weighted by Crippen LogP contribution is -2.29. The average Bonchev–Trinajstić information content (AvgIpc) is 2.79. The Bertz CT molecular complexity index is 800. The summed E-state index contributed by atoms with van der Waals surface area (Å²) in [6.07, 6.45) is 1.48. The number of fused-ring (bicyclic) bond motifs is 1. The van der Waals surface area contributed by atoms with E-state index < -0.39 is 17.2 Å². The summed E-state index contributed by atoms with van der Waals surface area (Å²) in [6, 6.07) is 9.78. The summed E-state index contributed by atoms with van der Waals surface area (Å²) in [5.41, 5.74) is 0.998. The van der Waals surface area contributed by atoms with Gasteiger partial charge in [0, 0.05) is 17.3 Å². The van der Waals surface area contributed by atoms with Gasteiger partial charge in [-0.05, 0) is 36.4 Å². The highest BCUT2D eigenvalue weighted by molar-refractivity contribution is 6.33. The number of amides is 3. The van der Waals surface area contributed by atoms with E-state index in [9.17, 15) is 14.4 Å². The van der Waals surface area contributed by atoms with Crippen LogP contribution in [0.4, 0.5) is 11.4 Å². The molecule has 0 spiro atoms. The minimum absolute atomic E-state index is 0.111. The molecule has 1 N–H and O–H groups in total. The molecule has 1 aliphatic heterocycles. The topological polar surface area (TPSA) is 79.4 Å². The first-order valence-corrected chi connectivity index (χ1v) is 7.54. The molecule has 24 heavy (non-hydrogen) atoms. The van der Waals surface area contributed by atoms with Crippen LogP contribution in [0.5, 0.6) is 0 Å². The molecule has 0 fully saturated rings. The highest BCUT2D eigenvalue weighted by Gasteiger charge is 2.37. The second-order valence-corrected chi connectivity index (χ2v) is 6.60. The van der Waals surface area contributed by atoms with Gasteiger partial charge < -0.3 is 5.32 Å². The van der Waals surface area contributed by atoms with E-state index in [4.69, 9.17) is 0 Å². The molecule has 0 saturated carbocycles. The third-order valence-electron chi connectivity index (χ3n) is 3.71. The number of anilines is 2. The zero-order chi connectivity index (χ0) is 17.5. The maximum Gasteiger partial charge on any atom is 0.284 e. The number of nitrogens with one attached hydrogen (secondary N) is 1. The Labute approximate surface area is 139 Å². The van der Waals surface area contributed by atoms with E-state index in [0.717, 1.165) is 4.90 Å². The first-order chi connectivity index (χ1) is 11.3. The largest absolute Gasteiger partial charge is 0.326 e. The molecule has 2 aromatic rings. The van der Waals surface area contributed by atoms with E-state index >= 15 is 0 Å². The van der Waals surface area contributed by atoms with Crippen molar-refractivity contribution in [2.75, 3.05) is 10.2 Å². The smallest absolute Gasteiger partial charge is 0.284 e. The zero-order valence-corrected chi connectivity index (χ0v) is 13.7. The lowest BCUT2D eigenvalue weighted by Gasteiger charge is -2.18. The third kappa shape index (κ3) is 2.67. The van der Waals surface area contributed by atoms with Gasteiger partial charge in [0.2, 0.25) is 5.91 Å². The molecule has 1 aliphatic rings. The van der Waals surface area contributed by atoms with Crippen LogP contribution in [0.25, 0.3) is 0 Å². The van der Waals surface area contributed by atoms with E-state index in [1.807, 2.05) is 20.8 Å². The van der Waals surface area contributed by atoms with Crippen molar-refractivity contribution >= 4 is 29.1 Å². The predicted molar refractivity (Wildman–Crippen MR) is 89.9 cm³/mol. The molecule has 3 rings (SSSR count). The fourth-order valence-electron chi connectivity index (χ4n) is 2.31. The molecule has 6 heteroatoms. The van der Waals surface area contributed by atoms with Crippen molar-refractivity contribution in [3.05, 3.63) is 53.9 Å². The van der Waals surface area contributed by atoms with Gasteiger partial charge in [-0.25, -0.2) is 4.90 Å². The van der Waals surface area contributed by atoms with Crippen LogP contribution < -0.4 is 10.2 Å². The van der Waals surface area contributed by atoms with Crippen LogP contribution in [-0.4, -0.2) is 22.7 Å². The Hall–Kier alpha value is -3.02. The van der Waals surface area contributed by atoms with Gasteiger partial charge in [0.05, 0.1) is 11.3 Å². The van der Waals surface area contributed by atoms with Gasteiger partial charge in [0.25, 0.3) is 11.8 Å². The van der Waals surface area contributed by atoms with Crippen molar-refractivity contribution in [1.29, 1.82) is 0 Å². The molecule has 0 aliphatic carbocycles. The molecule has 1 aromatic carbocycles. The highest BCUT2D eigenvalue weighted by atomic mass is 16.2. The zero-order valence-electron chi connectivity index (χ0n) is 13.7. The second kappa shape index (κ2) is 5.56. The summed E-state index contributed by atoms with van der Waals surface area (Å²) >= 11 is 0. The Kier molecular flexibility index (Phi) is 3.67. The molecule has 2 heterocycles. The molecule has 0 unspecified atom stereocenters. The van der Waals surface area contributed by atoms with Gasteiger partial charge in [-0.2, -0.15) is 0 Å². The van der Waals surface area contributed by atoms with Crippen LogP contribution in [-0.2, 0) is 4.79 Å². The number of rotatable bonds is 2. The van der Waals surface area contributed by atoms with Crippen molar-refractivity contribution in [1.82, 2.24) is 4.98 Å².